The number of halogens is 2. The van der Waals surface area contributed by atoms with Crippen molar-refractivity contribution < 1.29 is 4.74 Å². The van der Waals surface area contributed by atoms with Crippen molar-refractivity contribution in [3.05, 3.63) is 64.2 Å². The van der Waals surface area contributed by atoms with Crippen molar-refractivity contribution in [1.29, 1.82) is 0 Å². The maximum Gasteiger partial charge on any atom is 0.122 e. The van der Waals surface area contributed by atoms with E-state index in [-0.39, 0.29) is 4.83 Å². The molecule has 0 saturated heterocycles. The molecule has 0 amide bonds. The lowest BCUT2D eigenvalue weighted by Gasteiger charge is -2.20. The second-order valence-corrected chi connectivity index (χ2v) is 6.03. The van der Waals surface area contributed by atoms with E-state index in [0.717, 1.165) is 35.8 Å². The van der Waals surface area contributed by atoms with Crippen molar-refractivity contribution in [3.8, 4) is 5.75 Å². The maximum absolute atomic E-state index is 6.26. The highest BCUT2D eigenvalue weighted by Crippen LogP contribution is 2.37. The smallest absolute Gasteiger partial charge is 0.122 e. The van der Waals surface area contributed by atoms with Crippen molar-refractivity contribution in [2.45, 2.75) is 17.7 Å². The fourth-order valence-electron chi connectivity index (χ4n) is 2.40. The van der Waals surface area contributed by atoms with Gasteiger partial charge < -0.3 is 4.74 Å². The van der Waals surface area contributed by atoms with E-state index < -0.39 is 0 Å². The summed E-state index contributed by atoms with van der Waals surface area (Å²) in [6.07, 6.45) is 2.18. The van der Waals surface area contributed by atoms with Gasteiger partial charge in [0.1, 0.15) is 5.75 Å². The molecule has 0 spiro atoms. The van der Waals surface area contributed by atoms with Crippen molar-refractivity contribution in [1.82, 2.24) is 0 Å². The monoisotopic (exact) mass is 336 g/mol. The summed E-state index contributed by atoms with van der Waals surface area (Å²) in [5.74, 6) is 1.02. The topological polar surface area (TPSA) is 9.23 Å². The van der Waals surface area contributed by atoms with Crippen molar-refractivity contribution in [3.63, 3.8) is 0 Å². The summed E-state index contributed by atoms with van der Waals surface area (Å²) >= 11 is 10.0. The molecule has 1 aliphatic rings. The fourth-order valence-corrected chi connectivity index (χ4v) is 3.46. The summed E-state index contributed by atoms with van der Waals surface area (Å²) in [5, 5.41) is 0.790. The van der Waals surface area contributed by atoms with Gasteiger partial charge in [0.15, 0.2) is 0 Å². The van der Waals surface area contributed by atoms with Crippen LogP contribution in [0.25, 0.3) is 0 Å². The second kappa shape index (κ2) is 5.56. The van der Waals surface area contributed by atoms with E-state index in [1.807, 2.05) is 18.2 Å². The van der Waals surface area contributed by atoms with Crippen LogP contribution in [0.4, 0.5) is 0 Å². The SMILES string of the molecule is Clc1ccccc1C(Br)c1ccc2c(c1)CCCO2. The van der Waals surface area contributed by atoms with E-state index in [2.05, 4.69) is 40.2 Å². The summed E-state index contributed by atoms with van der Waals surface area (Å²) in [6.45, 7) is 0.828. The van der Waals surface area contributed by atoms with Crippen LogP contribution in [0.15, 0.2) is 42.5 Å². The molecule has 1 unspecified atom stereocenters. The van der Waals surface area contributed by atoms with Crippen LogP contribution < -0.4 is 4.74 Å². The Balaban J connectivity index is 1.96. The van der Waals surface area contributed by atoms with Gasteiger partial charge in [-0.25, -0.2) is 0 Å². The fraction of sp³-hybridized carbons (Fsp3) is 0.250. The number of fused-ring (bicyclic) bond motifs is 1. The lowest BCUT2D eigenvalue weighted by molar-refractivity contribution is 0.288. The maximum atomic E-state index is 6.26. The number of alkyl halides is 1. The first kappa shape index (κ1) is 13.0. The number of benzene rings is 2. The Labute approximate surface area is 126 Å². The van der Waals surface area contributed by atoms with Crippen molar-refractivity contribution >= 4 is 27.5 Å². The van der Waals surface area contributed by atoms with Gasteiger partial charge in [0.05, 0.1) is 11.4 Å². The average Bonchev–Trinajstić information content (AvgIpc) is 2.46. The predicted molar refractivity (Wildman–Crippen MR) is 82.5 cm³/mol. The summed E-state index contributed by atoms with van der Waals surface area (Å²) in [7, 11) is 0. The van der Waals surface area contributed by atoms with Crippen LogP contribution in [-0.2, 0) is 6.42 Å². The van der Waals surface area contributed by atoms with E-state index in [1.54, 1.807) is 0 Å². The third-order valence-electron chi connectivity index (χ3n) is 3.40. The van der Waals surface area contributed by atoms with Gasteiger partial charge >= 0.3 is 0 Å². The van der Waals surface area contributed by atoms with Crippen LogP contribution in [0, 0.1) is 0 Å². The van der Waals surface area contributed by atoms with E-state index in [4.69, 9.17) is 16.3 Å². The van der Waals surface area contributed by atoms with Crippen LogP contribution >= 0.6 is 27.5 Å². The summed E-state index contributed by atoms with van der Waals surface area (Å²) in [4.78, 5) is 0.119. The molecule has 2 aromatic rings. The van der Waals surface area contributed by atoms with Gasteiger partial charge in [-0.15, -0.1) is 0 Å². The van der Waals surface area contributed by atoms with Gasteiger partial charge in [-0.05, 0) is 41.7 Å². The highest BCUT2D eigenvalue weighted by Gasteiger charge is 2.17. The van der Waals surface area contributed by atoms with Crippen LogP contribution in [0.5, 0.6) is 5.75 Å². The van der Waals surface area contributed by atoms with Crippen LogP contribution in [0.3, 0.4) is 0 Å². The molecule has 0 fully saturated rings. The lowest BCUT2D eigenvalue weighted by atomic mass is 9.99. The highest BCUT2D eigenvalue weighted by molar-refractivity contribution is 9.09. The minimum atomic E-state index is 0.119. The molecule has 3 rings (SSSR count). The third-order valence-corrected chi connectivity index (χ3v) is 4.77. The van der Waals surface area contributed by atoms with E-state index in [9.17, 15) is 0 Å². The molecule has 1 heterocycles. The Morgan fingerprint density at radius 3 is 2.84 bits per heavy atom. The molecule has 2 aromatic carbocycles. The lowest BCUT2D eigenvalue weighted by Crippen LogP contribution is -2.08. The number of hydrogen-bond acceptors (Lipinski definition) is 1. The van der Waals surface area contributed by atoms with E-state index >= 15 is 0 Å². The molecule has 0 bridgehead atoms. The standard InChI is InChI=1S/C16H14BrClO/c17-16(13-5-1-2-6-14(13)18)12-7-8-15-11(10-12)4-3-9-19-15/h1-2,5-8,10,16H,3-4,9H2. The number of hydrogen-bond donors (Lipinski definition) is 0. The number of ether oxygens (including phenoxy) is 1. The molecule has 0 radical (unpaired) electrons. The van der Waals surface area contributed by atoms with E-state index in [1.165, 1.54) is 11.1 Å². The molecule has 98 valence electrons. The van der Waals surface area contributed by atoms with Crippen molar-refractivity contribution in [2.24, 2.45) is 0 Å². The van der Waals surface area contributed by atoms with Gasteiger partial charge in [-0.1, -0.05) is 57.9 Å². The average molecular weight is 338 g/mol. The molecule has 1 atom stereocenters. The van der Waals surface area contributed by atoms with Gasteiger partial charge in [-0.2, -0.15) is 0 Å². The van der Waals surface area contributed by atoms with Crippen LogP contribution in [0.2, 0.25) is 5.02 Å². The molecule has 19 heavy (non-hydrogen) atoms. The Bertz CT molecular complexity index is 597. The Morgan fingerprint density at radius 2 is 2.00 bits per heavy atom. The van der Waals surface area contributed by atoms with Gasteiger partial charge in [-0.3, -0.25) is 0 Å². The van der Waals surface area contributed by atoms with Gasteiger partial charge in [0.25, 0.3) is 0 Å². The van der Waals surface area contributed by atoms with E-state index in [0.29, 0.717) is 0 Å². The number of aryl methyl sites for hydroxylation is 1. The summed E-state index contributed by atoms with van der Waals surface area (Å²) < 4.78 is 5.65. The Hall–Kier alpha value is -0.990. The molecule has 1 aliphatic heterocycles. The molecule has 3 heteroatoms. The zero-order valence-corrected chi connectivity index (χ0v) is 12.7. The Kier molecular flexibility index (Phi) is 3.81. The molecule has 1 nitrogen and oxygen atoms in total. The quantitative estimate of drug-likeness (QED) is 0.689. The molecular formula is C16H14BrClO. The largest absolute Gasteiger partial charge is 0.493 e. The normalized spacial score (nSPS) is 15.5. The molecule has 0 N–H and O–H groups in total. The first-order valence-corrected chi connectivity index (χ1v) is 7.69. The minimum Gasteiger partial charge on any atom is -0.493 e. The minimum absolute atomic E-state index is 0.119. The first-order valence-electron chi connectivity index (χ1n) is 6.40. The van der Waals surface area contributed by atoms with Gasteiger partial charge in [0.2, 0.25) is 0 Å². The highest BCUT2D eigenvalue weighted by atomic mass is 79.9. The summed E-state index contributed by atoms with van der Waals surface area (Å²) in [6, 6.07) is 14.3. The Morgan fingerprint density at radius 1 is 1.16 bits per heavy atom. The zero-order valence-electron chi connectivity index (χ0n) is 10.4. The second-order valence-electron chi connectivity index (χ2n) is 4.70. The molecule has 0 saturated carbocycles. The number of rotatable bonds is 2. The van der Waals surface area contributed by atoms with Gasteiger partial charge in [0, 0.05) is 5.02 Å². The molecule has 0 aromatic heterocycles. The molecular weight excluding hydrogens is 324 g/mol. The molecule has 0 aliphatic carbocycles. The van der Waals surface area contributed by atoms with Crippen molar-refractivity contribution in [2.75, 3.05) is 6.61 Å². The summed E-state index contributed by atoms with van der Waals surface area (Å²) in [5.41, 5.74) is 3.61. The van der Waals surface area contributed by atoms with Crippen LogP contribution in [-0.4, -0.2) is 6.61 Å². The van der Waals surface area contributed by atoms with Crippen LogP contribution in [0.1, 0.15) is 27.9 Å². The predicted octanol–water partition coefficient (Wildman–Crippen LogP) is 5.15. The zero-order chi connectivity index (χ0) is 13.2. The third kappa shape index (κ3) is 2.65. The first-order chi connectivity index (χ1) is 9.25.